The van der Waals surface area contributed by atoms with Gasteiger partial charge in [-0.3, -0.25) is 4.79 Å². The molecule has 0 fully saturated rings. The van der Waals surface area contributed by atoms with Gasteiger partial charge in [0.15, 0.2) is 0 Å². The normalized spacial score (nSPS) is 9.68. The Hall–Kier alpha value is -2.39. The second-order valence-electron chi connectivity index (χ2n) is 3.73. The number of halogens is 1. The second-order valence-corrected chi connectivity index (χ2v) is 4.65. The van der Waals surface area contributed by atoms with Crippen molar-refractivity contribution in [2.75, 3.05) is 11.1 Å². The molecule has 1 aromatic heterocycles. The lowest BCUT2D eigenvalue weighted by atomic mass is 10.2. The van der Waals surface area contributed by atoms with Crippen molar-refractivity contribution in [2.24, 2.45) is 0 Å². The van der Waals surface area contributed by atoms with Crippen molar-refractivity contribution in [3.63, 3.8) is 0 Å². The smallest absolute Gasteiger partial charge is 0.259 e. The van der Waals surface area contributed by atoms with Gasteiger partial charge in [0.05, 0.1) is 17.2 Å². The number of nitrogens with two attached hydrogens (primary N) is 1. The van der Waals surface area contributed by atoms with E-state index >= 15 is 0 Å². The Morgan fingerprint density at radius 1 is 1.42 bits per heavy atom. The van der Waals surface area contributed by atoms with Crippen molar-refractivity contribution in [1.29, 1.82) is 5.26 Å². The summed E-state index contributed by atoms with van der Waals surface area (Å²) in [6, 6.07) is 10.2. The number of pyridine rings is 1. The molecule has 94 valence electrons. The van der Waals surface area contributed by atoms with E-state index in [4.69, 9.17) is 11.0 Å². The number of aromatic nitrogens is 1. The highest BCUT2D eigenvalue weighted by Gasteiger charge is 2.11. The van der Waals surface area contributed by atoms with E-state index in [1.165, 1.54) is 6.20 Å². The van der Waals surface area contributed by atoms with Gasteiger partial charge < -0.3 is 11.1 Å². The monoisotopic (exact) mass is 316 g/mol. The van der Waals surface area contributed by atoms with Gasteiger partial charge in [-0.2, -0.15) is 5.26 Å². The topological polar surface area (TPSA) is 91.8 Å². The third-order valence-electron chi connectivity index (χ3n) is 2.38. The lowest BCUT2D eigenvalue weighted by Gasteiger charge is -2.07. The zero-order valence-corrected chi connectivity index (χ0v) is 11.3. The number of benzene rings is 1. The zero-order valence-electron chi connectivity index (χ0n) is 9.72. The molecule has 1 aromatic carbocycles. The molecule has 0 aliphatic rings. The summed E-state index contributed by atoms with van der Waals surface area (Å²) < 4.78 is 0.664. The molecule has 0 aliphatic heterocycles. The highest BCUT2D eigenvalue weighted by atomic mass is 79.9. The third-order valence-corrected chi connectivity index (χ3v) is 2.81. The molecule has 19 heavy (non-hydrogen) atoms. The number of carbonyl (C=O) groups excluding carboxylic acids is 1. The van der Waals surface area contributed by atoms with E-state index in [-0.39, 0.29) is 17.3 Å². The van der Waals surface area contributed by atoms with Crippen LogP contribution in [-0.4, -0.2) is 10.9 Å². The Morgan fingerprint density at radius 3 is 2.95 bits per heavy atom. The highest BCUT2D eigenvalue weighted by molar-refractivity contribution is 9.10. The van der Waals surface area contributed by atoms with Gasteiger partial charge in [0.2, 0.25) is 0 Å². The maximum absolute atomic E-state index is 12.1. The van der Waals surface area contributed by atoms with Crippen molar-refractivity contribution in [2.45, 2.75) is 0 Å². The van der Waals surface area contributed by atoms with E-state index in [1.807, 2.05) is 6.07 Å². The van der Waals surface area contributed by atoms with Crippen LogP contribution >= 0.6 is 15.9 Å². The van der Waals surface area contributed by atoms with Crippen molar-refractivity contribution < 1.29 is 4.79 Å². The molecule has 0 unspecified atom stereocenters. The molecule has 2 aromatic rings. The average Bonchev–Trinajstić information content (AvgIpc) is 2.41. The summed E-state index contributed by atoms with van der Waals surface area (Å²) in [6.45, 7) is 0. The van der Waals surface area contributed by atoms with Gasteiger partial charge in [-0.05, 0) is 40.2 Å². The largest absolute Gasteiger partial charge is 0.383 e. The number of hydrogen-bond donors (Lipinski definition) is 2. The molecule has 5 nitrogen and oxygen atoms in total. The van der Waals surface area contributed by atoms with Crippen LogP contribution in [0.2, 0.25) is 0 Å². The molecule has 1 amide bonds. The summed E-state index contributed by atoms with van der Waals surface area (Å²) >= 11 is 3.23. The SMILES string of the molecule is N#Cc1cccc(NC(=O)c2cc(Br)cnc2N)c1. The van der Waals surface area contributed by atoms with Gasteiger partial charge in [-0.1, -0.05) is 6.07 Å². The van der Waals surface area contributed by atoms with Gasteiger partial charge in [0, 0.05) is 16.4 Å². The first-order valence-corrected chi connectivity index (χ1v) is 6.12. The van der Waals surface area contributed by atoms with Gasteiger partial charge in [-0.25, -0.2) is 4.98 Å². The van der Waals surface area contributed by atoms with Gasteiger partial charge >= 0.3 is 0 Å². The molecule has 0 aliphatic carbocycles. The Balaban J connectivity index is 2.26. The van der Waals surface area contributed by atoms with Crippen LogP contribution in [-0.2, 0) is 0 Å². The fourth-order valence-corrected chi connectivity index (χ4v) is 1.83. The molecule has 0 radical (unpaired) electrons. The predicted molar refractivity (Wildman–Crippen MR) is 75.5 cm³/mol. The zero-order chi connectivity index (χ0) is 13.8. The molecule has 1 heterocycles. The van der Waals surface area contributed by atoms with E-state index in [0.717, 1.165) is 0 Å². The van der Waals surface area contributed by atoms with Crippen LogP contribution in [0.1, 0.15) is 15.9 Å². The van der Waals surface area contributed by atoms with E-state index in [1.54, 1.807) is 30.3 Å². The Morgan fingerprint density at radius 2 is 2.21 bits per heavy atom. The molecule has 0 saturated heterocycles. The lowest BCUT2D eigenvalue weighted by molar-refractivity contribution is 0.102. The first-order valence-electron chi connectivity index (χ1n) is 5.32. The minimum atomic E-state index is -0.374. The second kappa shape index (κ2) is 5.50. The minimum Gasteiger partial charge on any atom is -0.383 e. The molecule has 0 saturated carbocycles. The number of nitriles is 1. The van der Waals surface area contributed by atoms with Gasteiger partial charge in [0.25, 0.3) is 5.91 Å². The molecule has 6 heteroatoms. The fraction of sp³-hybridized carbons (Fsp3) is 0. The number of carbonyl (C=O) groups is 1. The maximum atomic E-state index is 12.1. The van der Waals surface area contributed by atoms with Crippen molar-refractivity contribution >= 4 is 33.3 Å². The Kier molecular flexibility index (Phi) is 3.78. The summed E-state index contributed by atoms with van der Waals surface area (Å²) in [4.78, 5) is 15.9. The van der Waals surface area contributed by atoms with E-state index in [2.05, 4.69) is 26.2 Å². The van der Waals surface area contributed by atoms with Crippen LogP contribution in [0.25, 0.3) is 0 Å². The number of rotatable bonds is 2. The van der Waals surface area contributed by atoms with Crippen molar-refractivity contribution in [3.05, 3.63) is 52.1 Å². The van der Waals surface area contributed by atoms with Gasteiger partial charge in [0.1, 0.15) is 5.82 Å². The number of nitrogen functional groups attached to an aromatic ring is 1. The van der Waals surface area contributed by atoms with Crippen LogP contribution < -0.4 is 11.1 Å². The van der Waals surface area contributed by atoms with Gasteiger partial charge in [-0.15, -0.1) is 0 Å². The number of nitrogens with zero attached hydrogens (tertiary/aromatic N) is 2. The van der Waals surface area contributed by atoms with Crippen LogP contribution in [0, 0.1) is 11.3 Å². The molecular weight excluding hydrogens is 308 g/mol. The third kappa shape index (κ3) is 3.09. The number of hydrogen-bond acceptors (Lipinski definition) is 4. The molecule has 0 bridgehead atoms. The maximum Gasteiger partial charge on any atom is 0.259 e. The van der Waals surface area contributed by atoms with Crippen LogP contribution in [0.5, 0.6) is 0 Å². The Bertz CT molecular complexity index is 679. The van der Waals surface area contributed by atoms with E-state index < -0.39 is 0 Å². The number of amides is 1. The predicted octanol–water partition coefficient (Wildman–Crippen LogP) is 2.55. The number of anilines is 2. The quantitative estimate of drug-likeness (QED) is 0.890. The number of nitrogens with one attached hydrogen (secondary N) is 1. The summed E-state index contributed by atoms with van der Waals surface area (Å²) in [5.41, 5.74) is 6.93. The first kappa shape index (κ1) is 13.1. The summed E-state index contributed by atoms with van der Waals surface area (Å²) in [5.74, 6) is -0.224. The first-order chi connectivity index (χ1) is 9.10. The average molecular weight is 317 g/mol. The highest BCUT2D eigenvalue weighted by Crippen LogP contribution is 2.18. The van der Waals surface area contributed by atoms with E-state index in [9.17, 15) is 4.79 Å². The van der Waals surface area contributed by atoms with Crippen LogP contribution in [0.15, 0.2) is 41.0 Å². The lowest BCUT2D eigenvalue weighted by Crippen LogP contribution is -2.15. The van der Waals surface area contributed by atoms with Crippen molar-refractivity contribution in [1.82, 2.24) is 4.98 Å². The Labute approximate surface area is 118 Å². The van der Waals surface area contributed by atoms with E-state index in [0.29, 0.717) is 15.7 Å². The van der Waals surface area contributed by atoms with Crippen molar-refractivity contribution in [3.8, 4) is 6.07 Å². The van der Waals surface area contributed by atoms with Crippen LogP contribution in [0.3, 0.4) is 0 Å². The molecule has 0 atom stereocenters. The van der Waals surface area contributed by atoms with Crippen LogP contribution in [0.4, 0.5) is 11.5 Å². The standard InChI is InChI=1S/C13H9BrN4O/c14-9-5-11(12(16)17-7-9)13(19)18-10-3-1-2-8(4-10)6-15/h1-5,7H,(H2,16,17)(H,18,19). The summed E-state index contributed by atoms with van der Waals surface area (Å²) in [6.07, 6.45) is 1.52. The molecule has 2 rings (SSSR count). The fourth-order valence-electron chi connectivity index (χ4n) is 1.50. The minimum absolute atomic E-state index is 0.150. The molecule has 3 N–H and O–H groups in total. The summed E-state index contributed by atoms with van der Waals surface area (Å²) in [5, 5.41) is 11.5. The summed E-state index contributed by atoms with van der Waals surface area (Å²) in [7, 11) is 0. The molecule has 0 spiro atoms. The molecular formula is C13H9BrN4O.